The van der Waals surface area contributed by atoms with Gasteiger partial charge in [-0.3, -0.25) is 14.2 Å². The topological polar surface area (TPSA) is 58.4 Å². The van der Waals surface area contributed by atoms with Gasteiger partial charge in [0.15, 0.2) is 5.16 Å². The Kier molecular flexibility index (Phi) is 6.24. The van der Waals surface area contributed by atoms with Gasteiger partial charge in [0, 0.05) is 55.4 Å². The van der Waals surface area contributed by atoms with Crippen LogP contribution >= 0.6 is 11.8 Å². The van der Waals surface area contributed by atoms with Gasteiger partial charge in [-0.25, -0.2) is 4.98 Å². The molecule has 2 aliphatic heterocycles. The van der Waals surface area contributed by atoms with E-state index in [-0.39, 0.29) is 17.4 Å². The minimum absolute atomic E-state index is 0.0163. The Morgan fingerprint density at radius 2 is 1.94 bits per heavy atom. The van der Waals surface area contributed by atoms with E-state index in [2.05, 4.69) is 4.98 Å². The van der Waals surface area contributed by atoms with Crippen molar-refractivity contribution in [3.05, 3.63) is 51.4 Å². The van der Waals surface area contributed by atoms with Crippen LogP contribution in [-0.2, 0) is 23.9 Å². The van der Waals surface area contributed by atoms with Gasteiger partial charge in [-0.2, -0.15) is 13.2 Å². The van der Waals surface area contributed by atoms with Crippen molar-refractivity contribution < 1.29 is 18.0 Å². The molecule has 3 heterocycles. The molecule has 1 amide bonds. The number of hydrogen-bond acceptors (Lipinski definition) is 5. The van der Waals surface area contributed by atoms with Gasteiger partial charge in [0.05, 0.1) is 11.5 Å². The summed E-state index contributed by atoms with van der Waals surface area (Å²) in [6.07, 6.45) is -3.79. The van der Waals surface area contributed by atoms with Crippen LogP contribution in [0.1, 0.15) is 23.7 Å². The van der Waals surface area contributed by atoms with Crippen molar-refractivity contribution in [1.29, 1.82) is 0 Å². The van der Waals surface area contributed by atoms with Gasteiger partial charge in [-0.1, -0.05) is 24.8 Å². The van der Waals surface area contributed by atoms with Crippen molar-refractivity contribution in [2.45, 2.75) is 38.1 Å². The van der Waals surface area contributed by atoms with Gasteiger partial charge >= 0.3 is 6.18 Å². The van der Waals surface area contributed by atoms with Crippen molar-refractivity contribution in [2.75, 3.05) is 36.8 Å². The summed E-state index contributed by atoms with van der Waals surface area (Å²) in [5.74, 6) is 0.223. The first-order valence-electron chi connectivity index (χ1n) is 10.6. The number of thioether (sulfide) groups is 1. The second-order valence-electron chi connectivity index (χ2n) is 8.10. The van der Waals surface area contributed by atoms with Gasteiger partial charge in [0.2, 0.25) is 5.91 Å². The third-order valence-corrected chi connectivity index (χ3v) is 7.22. The van der Waals surface area contributed by atoms with Gasteiger partial charge in [0.25, 0.3) is 5.56 Å². The first-order chi connectivity index (χ1) is 15.2. The van der Waals surface area contributed by atoms with E-state index in [1.807, 2.05) is 18.7 Å². The molecule has 172 valence electrons. The fourth-order valence-corrected chi connectivity index (χ4v) is 5.39. The van der Waals surface area contributed by atoms with Crippen LogP contribution in [0.15, 0.2) is 34.2 Å². The van der Waals surface area contributed by atoms with Crippen LogP contribution in [0.2, 0.25) is 0 Å². The SMILES string of the molecule is CCc1c(C)nc2n(c1=O)CC(C(=O)N1CCN(c3cccc(C(F)(F)F)c3)CC1)CS2. The van der Waals surface area contributed by atoms with E-state index in [9.17, 15) is 22.8 Å². The lowest BCUT2D eigenvalue weighted by Gasteiger charge is -2.38. The molecule has 2 aliphatic rings. The van der Waals surface area contributed by atoms with Crippen LogP contribution in [0.5, 0.6) is 0 Å². The summed E-state index contributed by atoms with van der Waals surface area (Å²) in [6, 6.07) is 5.28. The van der Waals surface area contributed by atoms with Crippen LogP contribution < -0.4 is 10.5 Å². The largest absolute Gasteiger partial charge is 0.416 e. The highest BCUT2D eigenvalue weighted by Crippen LogP contribution is 2.32. The van der Waals surface area contributed by atoms with Crippen LogP contribution in [0.4, 0.5) is 18.9 Å². The number of aromatic nitrogens is 2. The molecule has 0 spiro atoms. The number of carbonyl (C=O) groups excluding carboxylic acids is 1. The first kappa shape index (κ1) is 22.7. The Bertz CT molecular complexity index is 1080. The third-order valence-electron chi connectivity index (χ3n) is 6.08. The molecule has 0 aliphatic carbocycles. The number of piperazine rings is 1. The number of hydrogen-bond donors (Lipinski definition) is 0. The lowest BCUT2D eigenvalue weighted by molar-refractivity contribution is -0.137. The molecular weight excluding hydrogens is 441 g/mol. The summed E-state index contributed by atoms with van der Waals surface area (Å²) in [5, 5.41) is 0.656. The minimum atomic E-state index is -4.38. The average molecular weight is 467 g/mol. The van der Waals surface area contributed by atoms with Crippen molar-refractivity contribution in [3.63, 3.8) is 0 Å². The van der Waals surface area contributed by atoms with Gasteiger partial charge in [-0.05, 0) is 31.5 Å². The molecule has 32 heavy (non-hydrogen) atoms. The predicted octanol–water partition coefficient (Wildman–Crippen LogP) is 3.20. The average Bonchev–Trinajstić information content (AvgIpc) is 2.78. The molecule has 6 nitrogen and oxygen atoms in total. The number of fused-ring (bicyclic) bond motifs is 1. The molecule has 0 radical (unpaired) electrons. The fraction of sp³-hybridized carbons (Fsp3) is 0.500. The van der Waals surface area contributed by atoms with Crippen molar-refractivity contribution in [3.8, 4) is 0 Å². The highest BCUT2D eigenvalue weighted by molar-refractivity contribution is 7.99. The van der Waals surface area contributed by atoms with Crippen LogP contribution in [0.3, 0.4) is 0 Å². The maximum Gasteiger partial charge on any atom is 0.416 e. The molecule has 1 aromatic heterocycles. The van der Waals surface area contributed by atoms with Crippen LogP contribution in [0.25, 0.3) is 0 Å². The van der Waals surface area contributed by atoms with Gasteiger partial charge < -0.3 is 9.80 Å². The van der Waals surface area contributed by atoms with Crippen molar-refractivity contribution >= 4 is 23.4 Å². The molecule has 1 unspecified atom stereocenters. The maximum absolute atomic E-state index is 13.1. The van der Waals surface area contributed by atoms with E-state index in [0.717, 1.165) is 17.8 Å². The highest BCUT2D eigenvalue weighted by Gasteiger charge is 2.34. The summed E-state index contributed by atoms with van der Waals surface area (Å²) < 4.78 is 40.6. The molecule has 0 saturated carbocycles. The Morgan fingerprint density at radius 3 is 2.59 bits per heavy atom. The highest BCUT2D eigenvalue weighted by atomic mass is 32.2. The molecule has 0 bridgehead atoms. The molecule has 4 rings (SSSR count). The molecule has 2 aromatic rings. The van der Waals surface area contributed by atoms with Gasteiger partial charge in [-0.15, -0.1) is 0 Å². The van der Waals surface area contributed by atoms with Crippen molar-refractivity contribution in [1.82, 2.24) is 14.5 Å². The standard InChI is InChI=1S/C22H25F3N4O2S/c1-3-18-14(2)26-21-29(20(18)31)12-15(13-32-21)19(30)28-9-7-27(8-10-28)17-6-4-5-16(11-17)22(23,24)25/h4-6,11,15H,3,7-10,12-13H2,1-2H3. The second kappa shape index (κ2) is 8.80. The number of anilines is 1. The van der Waals surface area contributed by atoms with E-state index < -0.39 is 11.7 Å². The summed E-state index contributed by atoms with van der Waals surface area (Å²) in [7, 11) is 0. The number of halogens is 3. The zero-order valence-electron chi connectivity index (χ0n) is 18.0. The first-order valence-corrected chi connectivity index (χ1v) is 11.6. The molecule has 1 atom stereocenters. The summed E-state index contributed by atoms with van der Waals surface area (Å²) in [4.78, 5) is 34.1. The fourth-order valence-electron chi connectivity index (χ4n) is 4.27. The zero-order valence-corrected chi connectivity index (χ0v) is 18.8. The second-order valence-corrected chi connectivity index (χ2v) is 9.08. The number of rotatable bonds is 3. The molecule has 0 N–H and O–H groups in total. The Hall–Kier alpha value is -2.49. The smallest absolute Gasteiger partial charge is 0.368 e. The van der Waals surface area contributed by atoms with Crippen molar-refractivity contribution in [2.24, 2.45) is 5.92 Å². The maximum atomic E-state index is 13.1. The third kappa shape index (κ3) is 4.37. The Labute approximate surface area is 188 Å². The number of carbonyl (C=O) groups is 1. The van der Waals surface area contributed by atoms with E-state index >= 15 is 0 Å². The van der Waals surface area contributed by atoms with E-state index in [1.54, 1.807) is 15.5 Å². The molecule has 10 heteroatoms. The number of alkyl halides is 3. The monoisotopic (exact) mass is 466 g/mol. The molecule has 1 fully saturated rings. The van der Waals surface area contributed by atoms with E-state index in [0.29, 0.717) is 61.3 Å². The van der Waals surface area contributed by atoms with Crippen LogP contribution in [-0.4, -0.2) is 52.3 Å². The molecule has 1 saturated heterocycles. The summed E-state index contributed by atoms with van der Waals surface area (Å²) in [5.41, 5.74) is 1.18. The number of benzene rings is 1. The van der Waals surface area contributed by atoms with Crippen LogP contribution in [0, 0.1) is 12.8 Å². The number of amides is 1. The lowest BCUT2D eigenvalue weighted by atomic mass is 10.1. The number of nitrogens with zero attached hydrogens (tertiary/aromatic N) is 4. The number of aryl methyl sites for hydroxylation is 1. The summed E-state index contributed by atoms with van der Waals surface area (Å²) >= 11 is 1.43. The molecular formula is C22H25F3N4O2S. The van der Waals surface area contributed by atoms with Gasteiger partial charge in [0.1, 0.15) is 0 Å². The minimum Gasteiger partial charge on any atom is -0.368 e. The lowest BCUT2D eigenvalue weighted by Crippen LogP contribution is -2.52. The Balaban J connectivity index is 1.42. The molecule has 1 aromatic carbocycles. The normalized spacial score (nSPS) is 19.1. The van der Waals surface area contributed by atoms with E-state index in [4.69, 9.17) is 0 Å². The quantitative estimate of drug-likeness (QED) is 0.651. The summed E-state index contributed by atoms with van der Waals surface area (Å²) in [6.45, 7) is 5.86. The zero-order chi connectivity index (χ0) is 23.0. The Morgan fingerprint density at radius 1 is 1.22 bits per heavy atom. The predicted molar refractivity (Wildman–Crippen MR) is 117 cm³/mol. The van der Waals surface area contributed by atoms with E-state index in [1.165, 1.54) is 17.8 Å².